The van der Waals surface area contributed by atoms with Crippen molar-refractivity contribution in [2.45, 2.75) is 56.1 Å². The maximum atomic E-state index is 14.0. The number of carbonyl (C=O) groups is 2. The van der Waals surface area contributed by atoms with Crippen molar-refractivity contribution in [3.8, 4) is 0 Å². The maximum absolute atomic E-state index is 14.0. The molecule has 3 aromatic carbocycles. The van der Waals surface area contributed by atoms with Gasteiger partial charge in [-0.3, -0.25) is 13.9 Å². The smallest absolute Gasteiger partial charge is 0.264 e. The van der Waals surface area contributed by atoms with Crippen LogP contribution < -0.4 is 9.62 Å². The molecule has 0 aromatic heterocycles. The summed E-state index contributed by atoms with van der Waals surface area (Å²) in [7, 11) is -4.23. The molecule has 212 valence electrons. The van der Waals surface area contributed by atoms with Gasteiger partial charge in [-0.1, -0.05) is 88.4 Å². The first kappa shape index (κ1) is 30.4. The molecular formula is C29H30BrCl2N3O4S. The highest BCUT2D eigenvalue weighted by atomic mass is 79.9. The third-order valence-electron chi connectivity index (χ3n) is 6.95. The number of nitrogens with zero attached hydrogens (tertiary/aromatic N) is 2. The second kappa shape index (κ2) is 13.4. The van der Waals surface area contributed by atoms with Crippen molar-refractivity contribution in [2.24, 2.45) is 0 Å². The number of sulfonamides is 1. The molecule has 1 atom stereocenters. The summed E-state index contributed by atoms with van der Waals surface area (Å²) < 4.78 is 29.5. The van der Waals surface area contributed by atoms with Gasteiger partial charge in [-0.2, -0.15) is 0 Å². The number of hydrogen-bond acceptors (Lipinski definition) is 4. The molecule has 1 aliphatic carbocycles. The molecular weight excluding hydrogens is 637 g/mol. The van der Waals surface area contributed by atoms with Crippen LogP contribution in [0.25, 0.3) is 0 Å². The number of benzene rings is 3. The van der Waals surface area contributed by atoms with Crippen LogP contribution in [0.15, 0.2) is 82.2 Å². The zero-order valence-electron chi connectivity index (χ0n) is 21.9. The van der Waals surface area contributed by atoms with Crippen LogP contribution in [0.4, 0.5) is 5.69 Å². The largest absolute Gasteiger partial charge is 0.352 e. The number of rotatable bonds is 10. The van der Waals surface area contributed by atoms with Crippen molar-refractivity contribution >= 4 is 66.7 Å². The zero-order valence-corrected chi connectivity index (χ0v) is 25.8. The molecule has 11 heteroatoms. The highest BCUT2D eigenvalue weighted by Gasteiger charge is 2.34. The fraction of sp³-hybridized carbons (Fsp3) is 0.310. The van der Waals surface area contributed by atoms with Gasteiger partial charge in [0.15, 0.2) is 0 Å². The van der Waals surface area contributed by atoms with E-state index in [4.69, 9.17) is 23.2 Å². The van der Waals surface area contributed by atoms with Crippen LogP contribution in [-0.2, 0) is 26.2 Å². The zero-order chi connectivity index (χ0) is 28.9. The van der Waals surface area contributed by atoms with Crippen LogP contribution in [0.5, 0.6) is 0 Å². The average molecular weight is 667 g/mol. The first-order valence-electron chi connectivity index (χ1n) is 12.9. The molecule has 2 amide bonds. The monoisotopic (exact) mass is 665 g/mol. The van der Waals surface area contributed by atoms with E-state index < -0.39 is 28.5 Å². The summed E-state index contributed by atoms with van der Waals surface area (Å²) in [5.74, 6) is -0.844. The number of amides is 2. The van der Waals surface area contributed by atoms with Crippen LogP contribution in [0.2, 0.25) is 10.0 Å². The Bertz CT molecular complexity index is 1450. The highest BCUT2D eigenvalue weighted by molar-refractivity contribution is 9.10. The predicted octanol–water partition coefficient (Wildman–Crippen LogP) is 6.43. The van der Waals surface area contributed by atoms with Gasteiger partial charge in [0.25, 0.3) is 10.0 Å². The molecule has 4 rings (SSSR count). The molecule has 0 heterocycles. The van der Waals surface area contributed by atoms with Gasteiger partial charge in [0.05, 0.1) is 20.6 Å². The Kier molecular flexibility index (Phi) is 10.2. The van der Waals surface area contributed by atoms with Gasteiger partial charge >= 0.3 is 0 Å². The lowest BCUT2D eigenvalue weighted by atomic mass is 10.1. The van der Waals surface area contributed by atoms with Gasteiger partial charge in [0.1, 0.15) is 12.6 Å². The van der Waals surface area contributed by atoms with E-state index in [1.54, 1.807) is 31.2 Å². The van der Waals surface area contributed by atoms with Crippen LogP contribution in [0, 0.1) is 0 Å². The fourth-order valence-electron chi connectivity index (χ4n) is 4.68. The van der Waals surface area contributed by atoms with E-state index in [2.05, 4.69) is 21.2 Å². The van der Waals surface area contributed by atoms with Crippen molar-refractivity contribution in [1.82, 2.24) is 10.2 Å². The van der Waals surface area contributed by atoms with Crippen LogP contribution >= 0.6 is 39.1 Å². The van der Waals surface area contributed by atoms with Gasteiger partial charge in [0, 0.05) is 17.1 Å². The van der Waals surface area contributed by atoms with Gasteiger partial charge in [0.2, 0.25) is 11.8 Å². The van der Waals surface area contributed by atoms with Gasteiger partial charge in [-0.05, 0) is 61.7 Å². The minimum atomic E-state index is -4.23. The van der Waals surface area contributed by atoms with E-state index in [0.717, 1.165) is 40.0 Å². The summed E-state index contributed by atoms with van der Waals surface area (Å²) in [6.07, 6.45) is 3.89. The van der Waals surface area contributed by atoms with E-state index in [-0.39, 0.29) is 39.1 Å². The number of anilines is 1. The lowest BCUT2D eigenvalue weighted by Crippen LogP contribution is -2.52. The Labute approximate surface area is 253 Å². The van der Waals surface area contributed by atoms with Gasteiger partial charge in [-0.15, -0.1) is 0 Å². The standard InChI is InChI=1S/C29H30BrCl2N3O4S/c1-20(29(37)33-23-8-5-6-9-23)34(18-21-14-16-22(30)17-15-21)27(36)19-35(26-13-7-12-25(31)28(26)32)40(38,39)24-10-3-2-4-11-24/h2-4,7,10-17,20,23H,5-6,8-9,18-19H2,1H3,(H,33,37). The summed E-state index contributed by atoms with van der Waals surface area (Å²) in [6, 6.07) is 19.0. The molecule has 40 heavy (non-hydrogen) atoms. The number of hydrogen-bond donors (Lipinski definition) is 1. The lowest BCUT2D eigenvalue weighted by Gasteiger charge is -2.32. The molecule has 7 nitrogen and oxygen atoms in total. The van der Waals surface area contributed by atoms with E-state index in [1.165, 1.54) is 29.2 Å². The first-order chi connectivity index (χ1) is 19.1. The number of carbonyl (C=O) groups excluding carboxylic acids is 2. The van der Waals surface area contributed by atoms with Crippen molar-refractivity contribution in [1.29, 1.82) is 0 Å². The average Bonchev–Trinajstić information content (AvgIpc) is 3.46. The minimum absolute atomic E-state index is 0.00274. The molecule has 0 spiro atoms. The Morgan fingerprint density at radius 2 is 1.62 bits per heavy atom. The normalized spacial score (nSPS) is 14.5. The number of nitrogens with one attached hydrogen (secondary N) is 1. The van der Waals surface area contributed by atoms with Crippen LogP contribution in [-0.4, -0.2) is 43.8 Å². The highest BCUT2D eigenvalue weighted by Crippen LogP contribution is 2.35. The second-order valence-electron chi connectivity index (χ2n) is 9.71. The topological polar surface area (TPSA) is 86.8 Å². The minimum Gasteiger partial charge on any atom is -0.352 e. The molecule has 3 aromatic rings. The first-order valence-corrected chi connectivity index (χ1v) is 15.9. The van der Waals surface area contributed by atoms with E-state index >= 15 is 0 Å². The molecule has 0 aliphatic heterocycles. The molecule has 1 aliphatic rings. The molecule has 1 N–H and O–H groups in total. The Balaban J connectivity index is 1.70. The van der Waals surface area contributed by atoms with Gasteiger partial charge < -0.3 is 10.2 Å². The molecule has 1 unspecified atom stereocenters. The van der Waals surface area contributed by atoms with E-state index in [9.17, 15) is 18.0 Å². The fourth-order valence-corrected chi connectivity index (χ4v) is 6.84. The third kappa shape index (κ3) is 7.18. The molecule has 0 saturated heterocycles. The Morgan fingerprint density at radius 1 is 0.975 bits per heavy atom. The van der Waals surface area contributed by atoms with Crippen molar-refractivity contribution in [2.75, 3.05) is 10.8 Å². The van der Waals surface area contributed by atoms with Crippen molar-refractivity contribution in [3.63, 3.8) is 0 Å². The quantitative estimate of drug-likeness (QED) is 0.270. The molecule has 1 fully saturated rings. The number of halogens is 3. The van der Waals surface area contributed by atoms with Crippen LogP contribution in [0.1, 0.15) is 38.2 Å². The van der Waals surface area contributed by atoms with Gasteiger partial charge in [-0.25, -0.2) is 8.42 Å². The van der Waals surface area contributed by atoms with E-state index in [0.29, 0.717) is 0 Å². The molecule has 0 radical (unpaired) electrons. The Hall–Kier alpha value is -2.59. The maximum Gasteiger partial charge on any atom is 0.264 e. The predicted molar refractivity (Wildman–Crippen MR) is 162 cm³/mol. The lowest BCUT2D eigenvalue weighted by molar-refractivity contribution is -0.139. The Morgan fingerprint density at radius 3 is 2.27 bits per heavy atom. The summed E-state index contributed by atoms with van der Waals surface area (Å²) in [5, 5.41) is 3.21. The summed E-state index contributed by atoms with van der Waals surface area (Å²) >= 11 is 16.1. The molecule has 0 bridgehead atoms. The van der Waals surface area contributed by atoms with Crippen LogP contribution in [0.3, 0.4) is 0 Å². The van der Waals surface area contributed by atoms with E-state index in [1.807, 2.05) is 24.3 Å². The van der Waals surface area contributed by atoms with Crippen molar-refractivity contribution in [3.05, 3.63) is 92.9 Å². The summed E-state index contributed by atoms with van der Waals surface area (Å²) in [6.45, 7) is 1.17. The SMILES string of the molecule is CC(C(=O)NC1CCCC1)N(Cc1ccc(Br)cc1)C(=O)CN(c1cccc(Cl)c1Cl)S(=O)(=O)c1ccccc1. The molecule has 1 saturated carbocycles. The summed E-state index contributed by atoms with van der Waals surface area (Å²) in [5.41, 5.74) is 0.855. The second-order valence-corrected chi connectivity index (χ2v) is 13.3. The van der Waals surface area contributed by atoms with Crippen molar-refractivity contribution < 1.29 is 18.0 Å². The third-order valence-corrected chi connectivity index (χ3v) is 10.1. The summed E-state index contributed by atoms with van der Waals surface area (Å²) in [4.78, 5) is 28.7.